The third-order valence-electron chi connectivity index (χ3n) is 0.0833. The molecule has 4 heavy (non-hydrogen) atoms. The predicted molar refractivity (Wildman–Crippen MR) is 12.0 cm³/mol. The van der Waals surface area contributed by atoms with E-state index in [2.05, 4.69) is 11.8 Å². The zero-order chi connectivity index (χ0) is 3.41. The van der Waals surface area contributed by atoms with E-state index in [1.807, 2.05) is 0 Å². The second-order valence-corrected chi connectivity index (χ2v) is 0.322. The summed E-state index contributed by atoms with van der Waals surface area (Å²) in [6, 6.07) is 0. The molecule has 0 aliphatic carbocycles. The van der Waals surface area contributed by atoms with Crippen LogP contribution in [0.1, 0.15) is 0 Å². The van der Waals surface area contributed by atoms with E-state index in [0.717, 1.165) is 0 Å². The Morgan fingerprint density at radius 2 is 2.25 bits per heavy atom. The van der Waals surface area contributed by atoms with Gasteiger partial charge >= 0.3 is 0 Å². The summed E-state index contributed by atoms with van der Waals surface area (Å²) >= 11 is 0. The monoisotopic (exact) mass is 60.0 g/mol. The third kappa shape index (κ3) is 1.92. The van der Waals surface area contributed by atoms with Crippen molar-refractivity contribution in [2.45, 2.75) is 0 Å². The van der Waals surface area contributed by atoms with Gasteiger partial charge < -0.3 is 0 Å². The van der Waals surface area contributed by atoms with Gasteiger partial charge in [-0.25, -0.2) is 4.89 Å². The maximum atomic E-state index is 8.74. The average Bonchev–Trinajstić information content (AvgIpc) is 1.37. The molecule has 0 aliphatic heterocycles. The van der Waals surface area contributed by atoms with Gasteiger partial charge in [0, 0.05) is 0 Å². The summed E-state index contributed by atoms with van der Waals surface area (Å²) in [6.45, 7) is 3.08. The average molecular weight is 60.1 g/mol. The van der Waals surface area contributed by atoms with E-state index < -0.39 is 0 Å². The van der Waals surface area contributed by atoms with Crippen LogP contribution in [0.15, 0.2) is 0 Å². The molecule has 0 fully saturated rings. The first-order valence-electron chi connectivity index (χ1n) is 0.955. The molecule has 0 N–H and O–H groups in total. The highest BCUT2D eigenvalue weighted by molar-refractivity contribution is 4.18. The van der Waals surface area contributed by atoms with Crippen LogP contribution in [0.5, 0.6) is 0 Å². The highest BCUT2D eigenvalue weighted by Crippen LogP contribution is 1.52. The first-order valence-corrected chi connectivity index (χ1v) is 0.955. The Hall–Kier alpha value is -0.0800. The minimum absolute atomic E-state index is 0.0139. The Labute approximate surface area is 24.9 Å². The Morgan fingerprint density at radius 1 is 2.00 bits per heavy atom. The number of rotatable bonds is 1. The van der Waals surface area contributed by atoms with Crippen molar-refractivity contribution in [3.05, 3.63) is 6.92 Å². The minimum atomic E-state index is 0.0139. The summed E-state index contributed by atoms with van der Waals surface area (Å²) in [6.07, 6.45) is 0. The number of hydrogen-bond acceptors (Lipinski definition) is 1. The van der Waals surface area contributed by atoms with Crippen LogP contribution in [0.3, 0.4) is 0 Å². The Kier molecular flexibility index (Phi) is 2.86. The summed E-state index contributed by atoms with van der Waals surface area (Å²) in [5, 5.41) is 8.74. The maximum Gasteiger partial charge on any atom is 0.0855 e. The minimum Gasteiger partial charge on any atom is -0.204 e. The van der Waals surface area contributed by atoms with E-state index in [-0.39, 0.29) is 6.61 Å². The van der Waals surface area contributed by atoms with Gasteiger partial charge in [-0.15, -0.1) is 0 Å². The molecule has 0 rings (SSSR count). The lowest BCUT2D eigenvalue weighted by molar-refractivity contribution is -0.295. The lowest BCUT2D eigenvalue weighted by Crippen LogP contribution is -1.72. The second kappa shape index (κ2) is 2.92. The molecule has 0 aromatic carbocycles. The van der Waals surface area contributed by atoms with Crippen molar-refractivity contribution in [3.63, 3.8) is 0 Å². The van der Waals surface area contributed by atoms with Crippen molar-refractivity contribution in [1.29, 1.82) is 0 Å². The molecule has 0 aliphatic rings. The smallest absolute Gasteiger partial charge is 0.0855 e. The molecule has 0 aromatic rings. The Morgan fingerprint density at radius 3 is 2.25 bits per heavy atom. The largest absolute Gasteiger partial charge is 0.204 e. The summed E-state index contributed by atoms with van der Waals surface area (Å²) in [5.74, 6) is 0. The molecule has 0 saturated heterocycles. The Balaban J connectivity index is 1.97. The summed E-state index contributed by atoms with van der Waals surface area (Å²) in [5.41, 5.74) is 0. The van der Waals surface area contributed by atoms with Crippen LogP contribution in [-0.2, 0) is 10.1 Å². The third-order valence-corrected chi connectivity index (χ3v) is 0.0833. The molecule has 0 saturated carbocycles. The Bertz CT molecular complexity index is 6.00. The van der Waals surface area contributed by atoms with Crippen LogP contribution in [0.25, 0.3) is 0 Å². The molecule has 2 nitrogen and oxygen atoms in total. The van der Waals surface area contributed by atoms with E-state index >= 15 is 0 Å². The van der Waals surface area contributed by atoms with Crippen molar-refractivity contribution in [1.82, 2.24) is 0 Å². The second-order valence-electron chi connectivity index (χ2n) is 0.322. The van der Waals surface area contributed by atoms with Gasteiger partial charge in [0.2, 0.25) is 0 Å². The molecule has 0 heterocycles. The van der Waals surface area contributed by atoms with E-state index in [4.69, 9.17) is 5.26 Å². The van der Waals surface area contributed by atoms with E-state index in [1.165, 1.54) is 0 Å². The van der Waals surface area contributed by atoms with Crippen molar-refractivity contribution >= 4 is 0 Å². The predicted octanol–water partition coefficient (Wildman–Crippen LogP) is 0.183. The first kappa shape index (κ1) is 3.92. The highest BCUT2D eigenvalue weighted by Gasteiger charge is 1.58. The molecule has 0 spiro atoms. The topological polar surface area (TPSA) is 29.1 Å². The molecular formula is C2H4O2. The molecule has 0 bridgehead atoms. The SMILES string of the molecule is [CH2]CO[O]. The van der Waals surface area contributed by atoms with E-state index in [0.29, 0.717) is 0 Å². The lowest BCUT2D eigenvalue weighted by atomic mass is 10.9. The van der Waals surface area contributed by atoms with Crippen LogP contribution < -0.4 is 0 Å². The van der Waals surface area contributed by atoms with Gasteiger partial charge in [-0.2, -0.15) is 0 Å². The molecule has 2 heteroatoms. The molecule has 0 atom stereocenters. The lowest BCUT2D eigenvalue weighted by Gasteiger charge is -1.68. The van der Waals surface area contributed by atoms with Crippen molar-refractivity contribution in [2.24, 2.45) is 0 Å². The summed E-state index contributed by atoms with van der Waals surface area (Å²) in [7, 11) is 0. The van der Waals surface area contributed by atoms with E-state index in [1.54, 1.807) is 0 Å². The van der Waals surface area contributed by atoms with Crippen LogP contribution in [0.4, 0.5) is 0 Å². The van der Waals surface area contributed by atoms with Crippen LogP contribution in [0, 0.1) is 6.92 Å². The molecule has 0 aromatic heterocycles. The van der Waals surface area contributed by atoms with Gasteiger partial charge in [-0.05, 0) is 12.2 Å². The first-order chi connectivity index (χ1) is 1.91. The van der Waals surface area contributed by atoms with Crippen molar-refractivity contribution in [2.75, 3.05) is 6.61 Å². The molecule has 2 radical (unpaired) electrons. The molecule has 24 valence electrons. The van der Waals surface area contributed by atoms with Crippen molar-refractivity contribution < 1.29 is 10.1 Å². The molecule has 0 amide bonds. The zero-order valence-corrected chi connectivity index (χ0v) is 2.23. The standard InChI is InChI=1S/C2H4O2/c1-2-4-3/h1-2H2. The zero-order valence-electron chi connectivity index (χ0n) is 2.23. The van der Waals surface area contributed by atoms with Crippen LogP contribution >= 0.6 is 0 Å². The molecular weight excluding hydrogens is 56.0 g/mol. The highest BCUT2D eigenvalue weighted by atomic mass is 17.1. The fraction of sp³-hybridized carbons (Fsp3) is 0.500. The van der Waals surface area contributed by atoms with Gasteiger partial charge in [0.1, 0.15) is 0 Å². The summed E-state index contributed by atoms with van der Waals surface area (Å²) in [4.78, 5) is 3.18. The fourth-order valence-electron chi connectivity index (χ4n) is 0. The van der Waals surface area contributed by atoms with Crippen molar-refractivity contribution in [3.8, 4) is 0 Å². The number of hydrogen-bond donors (Lipinski definition) is 0. The van der Waals surface area contributed by atoms with Gasteiger partial charge in [0.25, 0.3) is 0 Å². The maximum absolute atomic E-state index is 8.74. The van der Waals surface area contributed by atoms with Gasteiger partial charge in [-0.3, -0.25) is 0 Å². The van der Waals surface area contributed by atoms with Gasteiger partial charge in [-0.1, -0.05) is 0 Å². The molecule has 0 unspecified atom stereocenters. The van der Waals surface area contributed by atoms with Crippen LogP contribution in [-0.4, -0.2) is 6.61 Å². The normalized spacial score (nSPS) is 7.50. The quantitative estimate of drug-likeness (QED) is 0.313. The summed E-state index contributed by atoms with van der Waals surface area (Å²) < 4.78 is 0. The van der Waals surface area contributed by atoms with Gasteiger partial charge in [0.05, 0.1) is 6.61 Å². The fourth-order valence-corrected chi connectivity index (χ4v) is 0. The van der Waals surface area contributed by atoms with E-state index in [9.17, 15) is 0 Å². The van der Waals surface area contributed by atoms with Gasteiger partial charge in [0.15, 0.2) is 0 Å². The van der Waals surface area contributed by atoms with Crippen LogP contribution in [0.2, 0.25) is 0 Å².